The fraction of sp³-hybridized carbons (Fsp3) is 0.250. The predicted molar refractivity (Wildman–Crippen MR) is 92.0 cm³/mol. The van der Waals surface area contributed by atoms with Crippen molar-refractivity contribution in [2.45, 2.75) is 25.4 Å². The number of aromatic amines is 1. The second kappa shape index (κ2) is 7.31. The molecular weight excluding hydrogens is 324 g/mol. The van der Waals surface area contributed by atoms with Crippen molar-refractivity contribution in [3.8, 4) is 5.69 Å². The van der Waals surface area contributed by atoms with Crippen LogP contribution in [0, 0.1) is 13.8 Å². The Bertz CT molecular complexity index is 813. The van der Waals surface area contributed by atoms with Crippen molar-refractivity contribution in [3.63, 3.8) is 0 Å². The Morgan fingerprint density at radius 1 is 1.29 bits per heavy atom. The number of nitrogens with zero attached hydrogens (tertiary/aromatic N) is 4. The van der Waals surface area contributed by atoms with Gasteiger partial charge in [-0.05, 0) is 26.0 Å². The highest BCUT2D eigenvalue weighted by Gasteiger charge is 2.13. The molecule has 1 aromatic carbocycles. The third-order valence-corrected chi connectivity index (χ3v) is 4.55. The molecule has 0 saturated heterocycles. The van der Waals surface area contributed by atoms with Crippen LogP contribution in [0.15, 0.2) is 41.6 Å². The fourth-order valence-corrected chi connectivity index (χ4v) is 3.00. The SMILES string of the molecule is Cc1nn(-c2ccccc2)c(C)c1CNC(=O)CSc1cn[nH]n1. The van der Waals surface area contributed by atoms with Crippen molar-refractivity contribution < 1.29 is 4.79 Å². The molecule has 2 aromatic heterocycles. The molecule has 7 nitrogen and oxygen atoms in total. The molecule has 0 bridgehead atoms. The Kier molecular flexibility index (Phi) is 4.95. The number of aromatic nitrogens is 5. The Labute approximate surface area is 143 Å². The van der Waals surface area contributed by atoms with Gasteiger partial charge in [0.2, 0.25) is 5.91 Å². The number of benzene rings is 1. The summed E-state index contributed by atoms with van der Waals surface area (Å²) < 4.78 is 1.90. The number of H-pyrrole nitrogens is 1. The molecule has 1 amide bonds. The lowest BCUT2D eigenvalue weighted by Crippen LogP contribution is -2.25. The first kappa shape index (κ1) is 16.3. The number of aryl methyl sites for hydroxylation is 1. The first-order chi connectivity index (χ1) is 11.6. The summed E-state index contributed by atoms with van der Waals surface area (Å²) in [6.45, 7) is 4.43. The third-order valence-electron chi connectivity index (χ3n) is 3.65. The molecule has 0 aliphatic heterocycles. The van der Waals surface area contributed by atoms with Crippen LogP contribution >= 0.6 is 11.8 Å². The first-order valence-corrected chi connectivity index (χ1v) is 8.49. The molecule has 0 saturated carbocycles. The number of thioether (sulfide) groups is 1. The van der Waals surface area contributed by atoms with Gasteiger partial charge in [0.05, 0.1) is 23.3 Å². The second-order valence-electron chi connectivity index (χ2n) is 5.27. The lowest BCUT2D eigenvalue weighted by Gasteiger charge is -2.07. The van der Waals surface area contributed by atoms with E-state index in [-0.39, 0.29) is 5.91 Å². The van der Waals surface area contributed by atoms with Gasteiger partial charge in [-0.15, -0.1) is 5.10 Å². The minimum atomic E-state index is -0.0470. The zero-order valence-electron chi connectivity index (χ0n) is 13.5. The summed E-state index contributed by atoms with van der Waals surface area (Å²) in [5.74, 6) is 0.256. The van der Waals surface area contributed by atoms with Crippen LogP contribution < -0.4 is 5.32 Å². The number of amides is 1. The summed E-state index contributed by atoms with van der Waals surface area (Å²) in [7, 11) is 0. The van der Waals surface area contributed by atoms with Gasteiger partial charge in [0.1, 0.15) is 5.03 Å². The summed E-state index contributed by atoms with van der Waals surface area (Å²) in [4.78, 5) is 12.0. The van der Waals surface area contributed by atoms with Crippen molar-refractivity contribution in [2.75, 3.05) is 5.75 Å². The summed E-state index contributed by atoms with van der Waals surface area (Å²) >= 11 is 1.34. The number of rotatable bonds is 6. The van der Waals surface area contributed by atoms with Crippen LogP contribution in [0.2, 0.25) is 0 Å². The molecule has 0 aliphatic rings. The smallest absolute Gasteiger partial charge is 0.230 e. The Hall–Kier alpha value is -2.61. The van der Waals surface area contributed by atoms with Gasteiger partial charge in [-0.3, -0.25) is 4.79 Å². The summed E-state index contributed by atoms with van der Waals surface area (Å²) in [6, 6.07) is 9.96. The second-order valence-corrected chi connectivity index (χ2v) is 6.27. The number of hydrogen-bond donors (Lipinski definition) is 2. The zero-order chi connectivity index (χ0) is 16.9. The fourth-order valence-electron chi connectivity index (χ4n) is 2.39. The van der Waals surface area contributed by atoms with Crippen LogP contribution in [0.4, 0.5) is 0 Å². The molecule has 3 rings (SSSR count). The monoisotopic (exact) mass is 342 g/mol. The highest BCUT2D eigenvalue weighted by Crippen LogP contribution is 2.18. The normalized spacial score (nSPS) is 10.8. The van der Waals surface area contributed by atoms with Crippen molar-refractivity contribution in [1.29, 1.82) is 0 Å². The standard InChI is InChI=1S/C16H18N6OS/c1-11-14(8-17-15(23)10-24-16-9-18-21-19-16)12(2)22(20-11)13-6-4-3-5-7-13/h3-7,9H,8,10H2,1-2H3,(H,17,23)(H,18,19,21). The lowest BCUT2D eigenvalue weighted by molar-refractivity contribution is -0.118. The van der Waals surface area contributed by atoms with E-state index in [4.69, 9.17) is 0 Å². The van der Waals surface area contributed by atoms with Gasteiger partial charge in [0, 0.05) is 17.8 Å². The van der Waals surface area contributed by atoms with E-state index in [2.05, 4.69) is 25.8 Å². The quantitative estimate of drug-likeness (QED) is 0.669. The van der Waals surface area contributed by atoms with E-state index in [1.165, 1.54) is 11.8 Å². The van der Waals surface area contributed by atoms with Gasteiger partial charge >= 0.3 is 0 Å². The zero-order valence-corrected chi connectivity index (χ0v) is 14.3. The summed E-state index contributed by atoms with van der Waals surface area (Å²) in [5, 5.41) is 18.4. The van der Waals surface area contributed by atoms with E-state index in [0.717, 1.165) is 22.6 Å². The van der Waals surface area contributed by atoms with Gasteiger partial charge in [-0.25, -0.2) is 4.68 Å². The van der Waals surface area contributed by atoms with Crippen molar-refractivity contribution in [3.05, 3.63) is 53.5 Å². The van der Waals surface area contributed by atoms with Crippen LogP contribution in [0.25, 0.3) is 5.69 Å². The maximum Gasteiger partial charge on any atom is 0.230 e. The molecule has 3 aromatic rings. The molecule has 2 heterocycles. The molecular formula is C16H18N6OS. The van der Waals surface area contributed by atoms with E-state index in [9.17, 15) is 4.79 Å². The molecule has 0 radical (unpaired) electrons. The summed E-state index contributed by atoms with van der Waals surface area (Å²) in [6.07, 6.45) is 1.59. The Balaban J connectivity index is 1.63. The number of para-hydroxylation sites is 1. The first-order valence-electron chi connectivity index (χ1n) is 7.51. The van der Waals surface area contributed by atoms with Crippen LogP contribution in [0.5, 0.6) is 0 Å². The molecule has 0 aliphatic carbocycles. The Morgan fingerprint density at radius 2 is 2.08 bits per heavy atom. The van der Waals surface area contributed by atoms with Crippen molar-refractivity contribution >= 4 is 17.7 Å². The van der Waals surface area contributed by atoms with Gasteiger partial charge in [-0.2, -0.15) is 15.4 Å². The lowest BCUT2D eigenvalue weighted by atomic mass is 10.2. The highest BCUT2D eigenvalue weighted by molar-refractivity contribution is 7.99. The average molecular weight is 342 g/mol. The summed E-state index contributed by atoms with van der Waals surface area (Å²) in [5.41, 5.74) is 4.00. The van der Waals surface area contributed by atoms with E-state index in [1.807, 2.05) is 48.9 Å². The average Bonchev–Trinajstić information content (AvgIpc) is 3.21. The maximum absolute atomic E-state index is 12.0. The van der Waals surface area contributed by atoms with Crippen LogP contribution in [0.3, 0.4) is 0 Å². The number of nitrogens with one attached hydrogen (secondary N) is 2. The predicted octanol–water partition coefficient (Wildman–Crippen LogP) is 2.02. The Morgan fingerprint density at radius 3 is 2.79 bits per heavy atom. The van der Waals surface area contributed by atoms with Crippen molar-refractivity contribution in [1.82, 2.24) is 30.5 Å². The number of carbonyl (C=O) groups excluding carboxylic acids is 1. The number of hydrogen-bond acceptors (Lipinski definition) is 5. The van der Waals surface area contributed by atoms with Crippen molar-refractivity contribution in [2.24, 2.45) is 0 Å². The van der Waals surface area contributed by atoms with Gasteiger partial charge in [0.15, 0.2) is 0 Å². The molecule has 124 valence electrons. The van der Waals surface area contributed by atoms with Gasteiger partial charge in [-0.1, -0.05) is 30.0 Å². The van der Waals surface area contributed by atoms with Gasteiger partial charge in [0.25, 0.3) is 0 Å². The maximum atomic E-state index is 12.0. The molecule has 0 fully saturated rings. The van der Waals surface area contributed by atoms with Crippen LogP contribution in [0.1, 0.15) is 17.0 Å². The van der Waals surface area contributed by atoms with Gasteiger partial charge < -0.3 is 5.32 Å². The molecule has 0 spiro atoms. The number of carbonyl (C=O) groups is 1. The minimum Gasteiger partial charge on any atom is -0.351 e. The molecule has 0 unspecified atom stereocenters. The topological polar surface area (TPSA) is 88.5 Å². The largest absolute Gasteiger partial charge is 0.351 e. The third kappa shape index (κ3) is 3.65. The van der Waals surface area contributed by atoms with Crippen LogP contribution in [-0.2, 0) is 11.3 Å². The molecule has 0 atom stereocenters. The molecule has 2 N–H and O–H groups in total. The minimum absolute atomic E-state index is 0.0470. The van der Waals surface area contributed by atoms with E-state index in [1.54, 1.807) is 6.20 Å². The van der Waals surface area contributed by atoms with E-state index < -0.39 is 0 Å². The van der Waals surface area contributed by atoms with E-state index in [0.29, 0.717) is 17.3 Å². The highest BCUT2D eigenvalue weighted by atomic mass is 32.2. The molecule has 24 heavy (non-hydrogen) atoms. The molecule has 8 heteroatoms. The van der Waals surface area contributed by atoms with E-state index >= 15 is 0 Å². The van der Waals surface area contributed by atoms with Crippen LogP contribution in [-0.4, -0.2) is 36.9 Å².